The van der Waals surface area contributed by atoms with Crippen LogP contribution in [0.5, 0.6) is 0 Å². The lowest BCUT2D eigenvalue weighted by molar-refractivity contribution is 0.0715. The number of amides is 1. The van der Waals surface area contributed by atoms with E-state index in [4.69, 9.17) is 4.74 Å². The molecule has 0 spiro atoms. The Labute approximate surface area is 167 Å². The van der Waals surface area contributed by atoms with E-state index in [1.54, 1.807) is 4.90 Å². The molecule has 8 heteroatoms. The van der Waals surface area contributed by atoms with Crippen LogP contribution in [0.4, 0.5) is 5.82 Å². The summed E-state index contributed by atoms with van der Waals surface area (Å²) in [6, 6.07) is 6.07. The Bertz CT molecular complexity index is 1010. The largest absolute Gasteiger partial charge is 0.379 e. The first kappa shape index (κ1) is 18.8. The van der Waals surface area contributed by atoms with Gasteiger partial charge < -0.3 is 15.0 Å². The summed E-state index contributed by atoms with van der Waals surface area (Å²) >= 11 is 1.42. The molecule has 0 radical (unpaired) electrons. The van der Waals surface area contributed by atoms with Crippen molar-refractivity contribution in [3.05, 3.63) is 46.4 Å². The fourth-order valence-electron chi connectivity index (χ4n) is 3.44. The van der Waals surface area contributed by atoms with Crippen LogP contribution in [0.3, 0.4) is 0 Å². The number of nitrogens with one attached hydrogen (secondary N) is 1. The number of hydrogen-bond acceptors (Lipinski definition) is 7. The zero-order valence-corrected chi connectivity index (χ0v) is 17.0. The number of nitrogens with zero attached hydrogens (tertiary/aromatic N) is 4. The molecule has 4 rings (SSSR count). The van der Waals surface area contributed by atoms with Crippen molar-refractivity contribution in [2.24, 2.45) is 0 Å². The Morgan fingerprint density at radius 1 is 1.36 bits per heavy atom. The summed E-state index contributed by atoms with van der Waals surface area (Å²) in [6.45, 7) is 5.80. The minimum atomic E-state index is 0.0160. The fraction of sp³-hybridized carbons (Fsp3) is 0.400. The number of aromatic nitrogens is 3. The average molecular weight is 398 g/mol. The van der Waals surface area contributed by atoms with Crippen LogP contribution in [0.1, 0.15) is 33.0 Å². The third-order valence-corrected chi connectivity index (χ3v) is 6.27. The van der Waals surface area contributed by atoms with Gasteiger partial charge in [0.05, 0.1) is 35.2 Å². The number of anilines is 1. The molecule has 1 fully saturated rings. The highest BCUT2D eigenvalue weighted by atomic mass is 32.1. The van der Waals surface area contributed by atoms with Gasteiger partial charge in [-0.1, -0.05) is 6.07 Å². The first-order chi connectivity index (χ1) is 13.5. The normalized spacial score (nSPS) is 16.5. The van der Waals surface area contributed by atoms with Crippen LogP contribution in [-0.2, 0) is 11.3 Å². The molecule has 1 atom stereocenters. The van der Waals surface area contributed by atoms with E-state index >= 15 is 0 Å². The fourth-order valence-corrected chi connectivity index (χ4v) is 4.57. The number of hydrogen-bond donors (Lipinski definition) is 1. The molecule has 0 saturated carbocycles. The molecule has 3 aromatic rings. The molecule has 146 valence electrons. The van der Waals surface area contributed by atoms with Gasteiger partial charge >= 0.3 is 0 Å². The van der Waals surface area contributed by atoms with E-state index in [1.165, 1.54) is 17.7 Å². The van der Waals surface area contributed by atoms with Crippen molar-refractivity contribution in [1.82, 2.24) is 19.9 Å². The predicted molar refractivity (Wildman–Crippen MR) is 110 cm³/mol. The number of carbonyl (C=O) groups is 1. The van der Waals surface area contributed by atoms with Gasteiger partial charge in [-0.25, -0.2) is 9.97 Å². The van der Waals surface area contributed by atoms with E-state index in [1.807, 2.05) is 39.1 Å². The van der Waals surface area contributed by atoms with Crippen molar-refractivity contribution in [2.45, 2.75) is 32.9 Å². The van der Waals surface area contributed by atoms with Crippen molar-refractivity contribution >= 4 is 33.3 Å². The first-order valence-corrected chi connectivity index (χ1v) is 10.1. The highest BCUT2D eigenvalue weighted by Crippen LogP contribution is 2.34. The smallest absolute Gasteiger partial charge is 0.264 e. The second kappa shape index (κ2) is 7.81. The van der Waals surface area contributed by atoms with Crippen molar-refractivity contribution in [3.63, 3.8) is 0 Å². The molecular formula is C20H23N5O2S. The van der Waals surface area contributed by atoms with Crippen molar-refractivity contribution in [3.8, 4) is 0 Å². The second-order valence-corrected chi connectivity index (χ2v) is 8.02. The highest BCUT2D eigenvalue weighted by Gasteiger charge is 2.28. The summed E-state index contributed by atoms with van der Waals surface area (Å²) < 4.78 is 5.43. The van der Waals surface area contributed by atoms with Crippen molar-refractivity contribution in [1.29, 1.82) is 0 Å². The first-order valence-electron chi connectivity index (χ1n) is 9.30. The molecule has 0 aliphatic carbocycles. The summed E-state index contributed by atoms with van der Waals surface area (Å²) in [4.78, 5) is 29.7. The maximum absolute atomic E-state index is 13.1. The lowest BCUT2D eigenvalue weighted by Crippen LogP contribution is -2.37. The number of fused-ring (bicyclic) bond motifs is 1. The summed E-state index contributed by atoms with van der Waals surface area (Å²) in [7, 11) is 1.85. The van der Waals surface area contributed by atoms with Crippen LogP contribution in [0.15, 0.2) is 24.5 Å². The third-order valence-electron chi connectivity index (χ3n) is 5.08. The van der Waals surface area contributed by atoms with E-state index in [0.717, 1.165) is 39.4 Å². The molecule has 3 aromatic heterocycles. The van der Waals surface area contributed by atoms with Crippen LogP contribution < -0.4 is 5.32 Å². The second-order valence-electron chi connectivity index (χ2n) is 7.02. The molecule has 0 unspecified atom stereocenters. The van der Waals surface area contributed by atoms with Crippen molar-refractivity contribution in [2.75, 3.05) is 25.6 Å². The summed E-state index contributed by atoms with van der Waals surface area (Å²) in [5.74, 6) is 0.746. The molecule has 1 amide bonds. The van der Waals surface area contributed by atoms with Gasteiger partial charge in [0.2, 0.25) is 0 Å². The van der Waals surface area contributed by atoms with Crippen LogP contribution in [0.2, 0.25) is 0 Å². The Hall–Kier alpha value is -2.58. The van der Waals surface area contributed by atoms with Crippen LogP contribution in [0.25, 0.3) is 10.2 Å². The number of rotatable bonds is 5. The monoisotopic (exact) mass is 397 g/mol. The molecule has 1 aliphatic rings. The van der Waals surface area contributed by atoms with Crippen LogP contribution in [-0.4, -0.2) is 52.1 Å². The number of carbonyl (C=O) groups excluding carboxylic acids is 1. The lowest BCUT2D eigenvalue weighted by Gasteiger charge is -2.22. The molecule has 4 heterocycles. The number of thiophene rings is 1. The van der Waals surface area contributed by atoms with Gasteiger partial charge in [-0.2, -0.15) is 0 Å². The van der Waals surface area contributed by atoms with E-state index in [0.29, 0.717) is 24.6 Å². The molecule has 28 heavy (non-hydrogen) atoms. The minimum Gasteiger partial charge on any atom is -0.379 e. The highest BCUT2D eigenvalue weighted by molar-refractivity contribution is 7.20. The molecule has 0 bridgehead atoms. The lowest BCUT2D eigenvalue weighted by atomic mass is 10.1. The SMILES string of the molecule is Cc1cccc(CNc2ncnc3sc(C(=O)N(C)[C@H]4CCOC4)c(C)c23)n1. The van der Waals surface area contributed by atoms with Crippen LogP contribution in [0, 0.1) is 13.8 Å². The number of pyridine rings is 1. The molecular weight excluding hydrogens is 374 g/mol. The topological polar surface area (TPSA) is 80.2 Å². The maximum atomic E-state index is 13.1. The number of likely N-dealkylation sites (N-methyl/N-ethyl adjacent to an activating group) is 1. The Morgan fingerprint density at radius 3 is 2.96 bits per heavy atom. The Morgan fingerprint density at radius 2 is 2.21 bits per heavy atom. The maximum Gasteiger partial charge on any atom is 0.264 e. The van der Waals surface area contributed by atoms with Gasteiger partial charge in [-0.05, 0) is 38.0 Å². The number of ether oxygens (including phenoxy) is 1. The van der Waals surface area contributed by atoms with E-state index in [-0.39, 0.29) is 11.9 Å². The standard InChI is InChI=1S/C20H23N5O2S/c1-12-5-4-6-14(24-12)9-21-18-16-13(2)17(28-19(16)23-11-22-18)20(26)25(3)15-7-8-27-10-15/h4-6,11,15H,7-10H2,1-3H3,(H,21,22,23)/t15-/m0/s1. The molecule has 7 nitrogen and oxygen atoms in total. The predicted octanol–water partition coefficient (Wildman–Crippen LogP) is 3.18. The molecule has 1 saturated heterocycles. The summed E-state index contributed by atoms with van der Waals surface area (Å²) in [6.07, 6.45) is 2.41. The summed E-state index contributed by atoms with van der Waals surface area (Å²) in [5, 5.41) is 4.26. The van der Waals surface area contributed by atoms with Gasteiger partial charge in [-0.15, -0.1) is 11.3 Å². The quantitative estimate of drug-likeness (QED) is 0.712. The van der Waals surface area contributed by atoms with Gasteiger partial charge in [0.15, 0.2) is 0 Å². The Kier molecular flexibility index (Phi) is 5.23. The number of aryl methyl sites for hydroxylation is 2. The van der Waals surface area contributed by atoms with Gasteiger partial charge in [0, 0.05) is 19.3 Å². The van der Waals surface area contributed by atoms with Crippen LogP contribution >= 0.6 is 11.3 Å². The van der Waals surface area contributed by atoms with Gasteiger partial charge in [0.25, 0.3) is 5.91 Å². The average Bonchev–Trinajstić information content (AvgIpc) is 3.34. The Balaban J connectivity index is 1.61. The van der Waals surface area contributed by atoms with E-state index in [9.17, 15) is 4.79 Å². The molecule has 1 N–H and O–H groups in total. The van der Waals surface area contributed by atoms with Gasteiger partial charge in [0.1, 0.15) is 17.0 Å². The minimum absolute atomic E-state index is 0.0160. The van der Waals surface area contributed by atoms with E-state index in [2.05, 4.69) is 20.3 Å². The zero-order chi connectivity index (χ0) is 19.7. The van der Waals surface area contributed by atoms with Crippen molar-refractivity contribution < 1.29 is 9.53 Å². The van der Waals surface area contributed by atoms with E-state index < -0.39 is 0 Å². The molecule has 1 aliphatic heterocycles. The molecule has 0 aromatic carbocycles. The summed E-state index contributed by atoms with van der Waals surface area (Å²) in [5.41, 5.74) is 2.83. The third kappa shape index (κ3) is 3.57. The van der Waals surface area contributed by atoms with Gasteiger partial charge in [-0.3, -0.25) is 9.78 Å². The zero-order valence-electron chi connectivity index (χ0n) is 16.2.